The highest BCUT2D eigenvalue weighted by molar-refractivity contribution is 5.99. The Morgan fingerprint density at radius 3 is 0.697 bits per heavy atom. The van der Waals surface area contributed by atoms with Gasteiger partial charge in [0.1, 0.15) is 26.2 Å². The first-order valence-corrected chi connectivity index (χ1v) is 27.7. The van der Waals surface area contributed by atoms with Gasteiger partial charge < -0.3 is 59.6 Å². The maximum absolute atomic E-state index is 5.61. The largest absolute Gasteiger partial charge is 1.00 e. The standard InChI is InChI=1S/C64H77N8.4ClH/c1-5-9-13-17-37-69-41-29-49(30-42-69)61-53-21-23-55(65-53)62(50-31-43-70(44-32-50)38-18-14-10-6-2)57-25-27-59(67-57)64(52-35-47-72(48-36-52)40-20-16-12-8-4)60-28-26-58(68-60)63(56-24-22-54(61)66-56)51-33-45-71(46-34-51)39-19-15-11-7-3;;;;/h21-36,41-48H,5-20,37-40H2,1-4H3,(H,65,66,67,68);4*1H/q+3;;;;/p-3. The summed E-state index contributed by atoms with van der Waals surface area (Å²) < 4.78 is 9.29. The van der Waals surface area contributed by atoms with Gasteiger partial charge in [-0.1, -0.05) is 79.1 Å². The minimum Gasteiger partial charge on any atom is -1.00 e. The van der Waals surface area contributed by atoms with Crippen molar-refractivity contribution in [1.82, 2.24) is 19.9 Å². The van der Waals surface area contributed by atoms with Crippen molar-refractivity contribution < 1.29 is 67.9 Å². The second-order valence-electron chi connectivity index (χ2n) is 20.0. The van der Waals surface area contributed by atoms with E-state index in [0.717, 1.165) is 116 Å². The molecule has 0 aliphatic carbocycles. The van der Waals surface area contributed by atoms with Crippen LogP contribution in [0.25, 0.3) is 90.9 Å². The van der Waals surface area contributed by atoms with Crippen LogP contribution in [-0.2, 0) is 26.2 Å². The third-order valence-corrected chi connectivity index (χ3v) is 14.6. The molecular formula is C64H78Cl4N8. The highest BCUT2D eigenvalue weighted by atomic mass is 35.5. The van der Waals surface area contributed by atoms with Crippen molar-refractivity contribution in [2.45, 2.75) is 157 Å². The second kappa shape index (κ2) is 30.9. The number of pyridine rings is 4. The molecule has 0 fully saturated rings. The molecule has 8 bridgehead atoms. The van der Waals surface area contributed by atoms with Crippen molar-refractivity contribution in [3.05, 3.63) is 145 Å². The van der Waals surface area contributed by atoms with Crippen LogP contribution in [-0.4, -0.2) is 19.9 Å². The van der Waals surface area contributed by atoms with E-state index in [2.05, 4.69) is 203 Å². The van der Waals surface area contributed by atoms with Gasteiger partial charge >= 0.3 is 0 Å². The van der Waals surface area contributed by atoms with E-state index in [1.807, 2.05) is 0 Å². The van der Waals surface area contributed by atoms with Gasteiger partial charge in [0.25, 0.3) is 0 Å². The smallest absolute Gasteiger partial charge is 0.169 e. The number of aryl methyl sites for hydroxylation is 4. The maximum Gasteiger partial charge on any atom is 0.169 e. The lowest BCUT2D eigenvalue weighted by molar-refractivity contribution is -0.697. The van der Waals surface area contributed by atoms with Crippen LogP contribution in [0.4, 0.5) is 0 Å². The Morgan fingerprint density at radius 1 is 0.289 bits per heavy atom. The van der Waals surface area contributed by atoms with E-state index in [1.54, 1.807) is 0 Å². The van der Waals surface area contributed by atoms with E-state index in [1.165, 1.54) is 103 Å². The number of rotatable bonds is 24. The van der Waals surface area contributed by atoms with Gasteiger partial charge in [-0.2, -0.15) is 0 Å². The van der Waals surface area contributed by atoms with Crippen LogP contribution in [0.1, 0.15) is 153 Å². The van der Waals surface area contributed by atoms with Gasteiger partial charge in [0.05, 0.1) is 22.8 Å². The second-order valence-corrected chi connectivity index (χ2v) is 20.0. The van der Waals surface area contributed by atoms with Crippen LogP contribution in [0.3, 0.4) is 0 Å². The van der Waals surface area contributed by atoms with Gasteiger partial charge in [-0.05, 0) is 96.5 Å². The van der Waals surface area contributed by atoms with Gasteiger partial charge in [-0.15, -0.1) is 0 Å². The molecule has 2 N–H and O–H groups in total. The Morgan fingerprint density at radius 2 is 0.500 bits per heavy atom. The Balaban J connectivity index is 0.00000267. The van der Waals surface area contributed by atoms with Crippen molar-refractivity contribution >= 4 is 46.4 Å². The highest BCUT2D eigenvalue weighted by Gasteiger charge is 2.21. The van der Waals surface area contributed by atoms with Gasteiger partial charge in [0.2, 0.25) is 0 Å². The molecule has 0 spiro atoms. The predicted octanol–water partition coefficient (Wildman–Crippen LogP) is 2.81. The van der Waals surface area contributed by atoms with E-state index in [0.29, 0.717) is 0 Å². The van der Waals surface area contributed by atoms with Crippen LogP contribution in [0.2, 0.25) is 0 Å². The van der Waals surface area contributed by atoms with E-state index in [-0.39, 0.29) is 49.6 Å². The molecule has 7 aromatic rings. The number of unbranched alkanes of at least 4 members (excludes halogenated alkanes) is 12. The van der Waals surface area contributed by atoms with Crippen LogP contribution in [0.15, 0.2) is 122 Å². The molecule has 76 heavy (non-hydrogen) atoms. The van der Waals surface area contributed by atoms with Crippen molar-refractivity contribution in [1.29, 1.82) is 0 Å². The van der Waals surface area contributed by atoms with E-state index < -0.39 is 0 Å². The summed E-state index contributed by atoms with van der Waals surface area (Å²) in [6.45, 7) is 13.1. The molecule has 7 aromatic heterocycles. The number of halogens is 4. The maximum atomic E-state index is 5.61. The van der Waals surface area contributed by atoms with Crippen molar-refractivity contribution in [3.63, 3.8) is 0 Å². The quantitative estimate of drug-likeness (QED) is 0.0723. The Hall–Kier alpha value is -5.64. The molecule has 0 saturated heterocycles. The average Bonchev–Trinajstić information content (AvgIpc) is 4.27. The summed E-state index contributed by atoms with van der Waals surface area (Å²) in [5.41, 5.74) is 16.5. The highest BCUT2D eigenvalue weighted by Crippen LogP contribution is 2.38. The molecule has 8 nitrogen and oxygen atoms in total. The average molecular weight is 1100 g/mol. The predicted molar refractivity (Wildman–Crippen MR) is 298 cm³/mol. The van der Waals surface area contributed by atoms with Crippen LogP contribution < -0.4 is 67.9 Å². The lowest BCUT2D eigenvalue weighted by Crippen LogP contribution is -3.00. The van der Waals surface area contributed by atoms with Crippen molar-refractivity contribution in [3.8, 4) is 44.5 Å². The SMILES string of the molecule is CCCCCC[n+]1ccc(-c2c3nc(c(-c4cc[n+](CCCCCC)cc4)c4ccc([nH]4)c(-c4cc[n+](CCCCCC)cc4)c4nc(c(-c5cc[n+](CCCCCC)cc5)c5ccc2[nH]5)C=C4)C=C3)cc1.[Cl-].[Cl-].[Cl-].[Cl-]. The molecule has 9 heterocycles. The number of hydrogen-bond donors (Lipinski definition) is 2. The molecule has 402 valence electrons. The fourth-order valence-electron chi connectivity index (χ4n) is 10.4. The number of aromatic nitrogens is 8. The molecule has 12 heteroatoms. The number of nitrogens with one attached hydrogen (secondary N) is 2. The Bertz CT molecular complexity index is 2710. The van der Waals surface area contributed by atoms with Crippen LogP contribution >= 0.6 is 0 Å². The first-order valence-electron chi connectivity index (χ1n) is 27.7. The summed E-state index contributed by atoms with van der Waals surface area (Å²) in [6, 6.07) is 27.1. The van der Waals surface area contributed by atoms with Crippen LogP contribution in [0, 0.1) is 0 Å². The fourth-order valence-corrected chi connectivity index (χ4v) is 10.4. The summed E-state index contributed by atoms with van der Waals surface area (Å²) in [6.07, 6.45) is 46.5. The molecule has 0 unspecified atom stereocenters. The topological polar surface area (TPSA) is 72.9 Å². The zero-order chi connectivity index (χ0) is 49.5. The number of nitrogens with zero attached hydrogens (tertiary/aromatic N) is 6. The zero-order valence-corrected chi connectivity index (χ0v) is 48.2. The first kappa shape index (κ1) is 61.2. The molecule has 0 amide bonds. The monoisotopic (exact) mass is 1100 g/mol. The third-order valence-electron chi connectivity index (χ3n) is 14.6. The van der Waals surface area contributed by atoms with Gasteiger partial charge in [-0.3, -0.25) is 0 Å². The first-order chi connectivity index (χ1) is 35.5. The minimum absolute atomic E-state index is 0. The summed E-state index contributed by atoms with van der Waals surface area (Å²) in [4.78, 5) is 19.2. The summed E-state index contributed by atoms with van der Waals surface area (Å²) in [5.74, 6) is 0. The molecule has 0 radical (unpaired) electrons. The summed E-state index contributed by atoms with van der Waals surface area (Å²) in [7, 11) is 0. The van der Waals surface area contributed by atoms with Gasteiger partial charge in [0.15, 0.2) is 49.6 Å². The number of H-pyrrole nitrogens is 2. The zero-order valence-electron chi connectivity index (χ0n) is 45.2. The molecule has 2 aliphatic heterocycles. The fraction of sp³-hybridized carbons (Fsp3) is 0.375. The molecule has 0 aromatic carbocycles. The molecule has 2 aliphatic rings. The summed E-state index contributed by atoms with van der Waals surface area (Å²) >= 11 is 0. The van der Waals surface area contributed by atoms with Gasteiger partial charge in [-0.25, -0.2) is 28.2 Å². The minimum atomic E-state index is 0. The molecule has 0 atom stereocenters. The third kappa shape index (κ3) is 15.3. The van der Waals surface area contributed by atoms with E-state index in [4.69, 9.17) is 9.97 Å². The van der Waals surface area contributed by atoms with E-state index in [9.17, 15) is 0 Å². The lowest BCUT2D eigenvalue weighted by atomic mass is 10.0. The Kier molecular flexibility index (Phi) is 24.9. The van der Waals surface area contributed by atoms with Gasteiger partial charge in [0, 0.05) is 119 Å². The van der Waals surface area contributed by atoms with Crippen LogP contribution in [0.5, 0.6) is 0 Å². The summed E-state index contributed by atoms with van der Waals surface area (Å²) in [5, 5.41) is 0. The normalized spacial score (nSPS) is 11.4. The van der Waals surface area contributed by atoms with E-state index >= 15 is 0 Å². The van der Waals surface area contributed by atoms with Crippen molar-refractivity contribution in [2.75, 3.05) is 0 Å². The molecule has 9 rings (SSSR count). The number of hydrogen-bond acceptors (Lipinski definition) is 2. The van der Waals surface area contributed by atoms with Crippen molar-refractivity contribution in [2.24, 2.45) is 0 Å². The number of aromatic amines is 2. The number of fused-ring (bicyclic) bond motifs is 8. The molecular weight excluding hydrogens is 1020 g/mol. The lowest BCUT2D eigenvalue weighted by Gasteiger charge is -2.07. The molecule has 0 saturated carbocycles. The Labute approximate surface area is 477 Å².